The average molecular weight is 312 g/mol. The van der Waals surface area contributed by atoms with Gasteiger partial charge in [-0.25, -0.2) is 13.1 Å². The molecule has 120 valence electrons. The summed E-state index contributed by atoms with van der Waals surface area (Å²) in [6, 6.07) is 7.38. The van der Waals surface area contributed by atoms with E-state index in [4.69, 9.17) is 0 Å². The molecule has 0 aromatic heterocycles. The maximum Gasteiger partial charge on any atom is 0.240 e. The monoisotopic (exact) mass is 312 g/mol. The minimum absolute atomic E-state index is 0.0829. The van der Waals surface area contributed by atoms with E-state index >= 15 is 0 Å². The zero-order chi connectivity index (χ0) is 16.1. The molecule has 1 rings (SSSR count). The van der Waals surface area contributed by atoms with Gasteiger partial charge in [-0.1, -0.05) is 46.8 Å². The molecule has 0 heterocycles. The van der Waals surface area contributed by atoms with Crippen molar-refractivity contribution in [3.63, 3.8) is 0 Å². The Morgan fingerprint density at radius 3 is 2.38 bits per heavy atom. The van der Waals surface area contributed by atoms with Crippen LogP contribution in [0, 0.1) is 5.41 Å². The van der Waals surface area contributed by atoms with Crippen molar-refractivity contribution in [1.82, 2.24) is 10.0 Å². The molecule has 0 radical (unpaired) electrons. The Bertz CT molecular complexity index is 548. The minimum Gasteiger partial charge on any atom is -0.310 e. The van der Waals surface area contributed by atoms with Crippen molar-refractivity contribution >= 4 is 10.0 Å². The van der Waals surface area contributed by atoms with Crippen LogP contribution in [0.1, 0.15) is 52.6 Å². The number of hydrogen-bond donors (Lipinski definition) is 2. The second-order valence-electron chi connectivity index (χ2n) is 6.48. The third kappa shape index (κ3) is 5.77. The van der Waals surface area contributed by atoms with Crippen molar-refractivity contribution in [1.29, 1.82) is 0 Å². The lowest BCUT2D eigenvalue weighted by Gasteiger charge is -2.20. The van der Waals surface area contributed by atoms with Crippen molar-refractivity contribution in [2.24, 2.45) is 5.41 Å². The molecular formula is C16H28N2O2S. The van der Waals surface area contributed by atoms with Crippen molar-refractivity contribution < 1.29 is 8.42 Å². The van der Waals surface area contributed by atoms with Crippen molar-refractivity contribution in [2.45, 2.75) is 52.0 Å². The van der Waals surface area contributed by atoms with Crippen LogP contribution in [0.25, 0.3) is 0 Å². The molecule has 0 fully saturated rings. The largest absolute Gasteiger partial charge is 0.310 e. The van der Waals surface area contributed by atoms with Crippen LogP contribution < -0.4 is 10.0 Å². The standard InChI is InChI=1S/C16H28N2O2S/c1-6-15(17-7-2)13-9-8-10-14(11-13)21(19,20)18-12-16(3,4)5/h8-11,15,17-18H,6-7,12H2,1-5H3. The highest BCUT2D eigenvalue weighted by atomic mass is 32.2. The van der Waals surface area contributed by atoms with Crippen LogP contribution in [0.2, 0.25) is 0 Å². The quantitative estimate of drug-likeness (QED) is 0.813. The smallest absolute Gasteiger partial charge is 0.240 e. The fraction of sp³-hybridized carbons (Fsp3) is 0.625. The molecular weight excluding hydrogens is 284 g/mol. The van der Waals surface area contributed by atoms with E-state index < -0.39 is 10.0 Å². The van der Waals surface area contributed by atoms with Gasteiger partial charge < -0.3 is 5.32 Å². The molecule has 0 saturated carbocycles. The molecule has 0 aliphatic rings. The van der Waals surface area contributed by atoms with Gasteiger partial charge in [0.1, 0.15) is 0 Å². The van der Waals surface area contributed by atoms with E-state index in [1.54, 1.807) is 18.2 Å². The minimum atomic E-state index is -3.45. The van der Waals surface area contributed by atoms with Crippen LogP contribution in [0.3, 0.4) is 0 Å². The van der Waals surface area contributed by atoms with E-state index in [0.29, 0.717) is 11.4 Å². The Balaban J connectivity index is 2.98. The van der Waals surface area contributed by atoms with Gasteiger partial charge in [-0.15, -0.1) is 0 Å². The summed E-state index contributed by atoms with van der Waals surface area (Å²) >= 11 is 0. The molecule has 0 bridgehead atoms. The van der Waals surface area contributed by atoms with E-state index in [1.807, 2.05) is 33.8 Å². The second-order valence-corrected chi connectivity index (χ2v) is 8.24. The SMILES string of the molecule is CCNC(CC)c1cccc(S(=O)(=O)NCC(C)(C)C)c1. The number of benzene rings is 1. The summed E-state index contributed by atoms with van der Waals surface area (Å²) in [5.74, 6) is 0. The zero-order valence-corrected chi connectivity index (χ0v) is 14.5. The highest BCUT2D eigenvalue weighted by Crippen LogP contribution is 2.21. The van der Waals surface area contributed by atoms with Gasteiger partial charge in [0.05, 0.1) is 4.90 Å². The molecule has 4 nitrogen and oxygen atoms in total. The highest BCUT2D eigenvalue weighted by Gasteiger charge is 2.19. The van der Waals surface area contributed by atoms with Gasteiger partial charge in [-0.3, -0.25) is 0 Å². The predicted octanol–water partition coefficient (Wildman–Crippen LogP) is 3.07. The molecule has 2 N–H and O–H groups in total. The van der Waals surface area contributed by atoms with Gasteiger partial charge in [0.25, 0.3) is 0 Å². The molecule has 1 aromatic rings. The van der Waals surface area contributed by atoms with E-state index in [9.17, 15) is 8.42 Å². The predicted molar refractivity (Wildman–Crippen MR) is 87.8 cm³/mol. The lowest BCUT2D eigenvalue weighted by atomic mass is 9.98. The summed E-state index contributed by atoms with van der Waals surface area (Å²) in [4.78, 5) is 0.334. The normalized spacial score (nSPS) is 14.1. The first-order valence-electron chi connectivity index (χ1n) is 7.52. The Labute approximate surface area is 129 Å². The second kappa shape index (κ2) is 7.38. The van der Waals surface area contributed by atoms with Crippen molar-refractivity contribution in [3.05, 3.63) is 29.8 Å². The first kappa shape index (κ1) is 18.1. The first-order valence-corrected chi connectivity index (χ1v) is 9.01. The molecule has 1 unspecified atom stereocenters. The van der Waals surface area contributed by atoms with Gasteiger partial charge in [0.2, 0.25) is 10.0 Å². The van der Waals surface area contributed by atoms with Crippen LogP contribution in [-0.4, -0.2) is 21.5 Å². The van der Waals surface area contributed by atoms with Crippen LogP contribution in [-0.2, 0) is 10.0 Å². The van der Waals surface area contributed by atoms with Gasteiger partial charge >= 0.3 is 0 Å². The number of sulfonamides is 1. The summed E-state index contributed by atoms with van der Waals surface area (Å²) in [5, 5.41) is 3.37. The lowest BCUT2D eigenvalue weighted by molar-refractivity contribution is 0.407. The topological polar surface area (TPSA) is 58.2 Å². The van der Waals surface area contributed by atoms with Crippen LogP contribution in [0.4, 0.5) is 0 Å². The average Bonchev–Trinajstić information content (AvgIpc) is 2.42. The fourth-order valence-electron chi connectivity index (χ4n) is 2.04. The van der Waals surface area contributed by atoms with Gasteiger partial charge in [0.15, 0.2) is 0 Å². The van der Waals surface area contributed by atoms with Crippen LogP contribution in [0.5, 0.6) is 0 Å². The van der Waals surface area contributed by atoms with Crippen molar-refractivity contribution in [3.8, 4) is 0 Å². The molecule has 0 saturated heterocycles. The molecule has 1 atom stereocenters. The zero-order valence-electron chi connectivity index (χ0n) is 13.7. The molecule has 5 heteroatoms. The Morgan fingerprint density at radius 2 is 1.86 bits per heavy atom. The molecule has 0 spiro atoms. The maximum absolute atomic E-state index is 12.4. The summed E-state index contributed by atoms with van der Waals surface area (Å²) in [5.41, 5.74) is 0.929. The molecule has 0 amide bonds. The first-order chi connectivity index (χ1) is 9.69. The Hall–Kier alpha value is -0.910. The number of nitrogens with one attached hydrogen (secondary N) is 2. The van der Waals surface area contributed by atoms with Gasteiger partial charge in [-0.05, 0) is 36.1 Å². The molecule has 0 aliphatic carbocycles. The summed E-state index contributed by atoms with van der Waals surface area (Å²) in [6.07, 6.45) is 0.923. The molecule has 0 aliphatic heterocycles. The third-order valence-corrected chi connectivity index (χ3v) is 4.62. The number of rotatable bonds is 7. The third-order valence-electron chi connectivity index (χ3n) is 3.22. The van der Waals surface area contributed by atoms with E-state index in [-0.39, 0.29) is 11.5 Å². The van der Waals surface area contributed by atoms with E-state index in [2.05, 4.69) is 17.0 Å². The van der Waals surface area contributed by atoms with Gasteiger partial charge in [-0.2, -0.15) is 0 Å². The Morgan fingerprint density at radius 1 is 1.19 bits per heavy atom. The maximum atomic E-state index is 12.4. The summed E-state index contributed by atoms with van der Waals surface area (Å²) < 4.78 is 27.4. The van der Waals surface area contributed by atoms with Gasteiger partial charge in [0, 0.05) is 12.6 Å². The molecule has 21 heavy (non-hydrogen) atoms. The van der Waals surface area contributed by atoms with Crippen molar-refractivity contribution in [2.75, 3.05) is 13.1 Å². The number of hydrogen-bond acceptors (Lipinski definition) is 3. The Kier molecular flexibility index (Phi) is 6.38. The fourth-order valence-corrected chi connectivity index (χ4v) is 3.38. The lowest BCUT2D eigenvalue weighted by Crippen LogP contribution is -2.32. The highest BCUT2D eigenvalue weighted by molar-refractivity contribution is 7.89. The van der Waals surface area contributed by atoms with Crippen LogP contribution >= 0.6 is 0 Å². The summed E-state index contributed by atoms with van der Waals surface area (Å²) in [7, 11) is -3.45. The van der Waals surface area contributed by atoms with E-state index in [0.717, 1.165) is 18.5 Å². The molecule has 1 aromatic carbocycles. The van der Waals surface area contributed by atoms with Crippen LogP contribution in [0.15, 0.2) is 29.2 Å². The summed E-state index contributed by atoms with van der Waals surface area (Å²) in [6.45, 7) is 11.4. The van der Waals surface area contributed by atoms with E-state index in [1.165, 1.54) is 0 Å².